The van der Waals surface area contributed by atoms with Gasteiger partial charge >= 0.3 is 6.18 Å². The molecule has 0 bridgehead atoms. The van der Waals surface area contributed by atoms with E-state index in [0.717, 1.165) is 40.6 Å². The van der Waals surface area contributed by atoms with Gasteiger partial charge in [0.1, 0.15) is 5.02 Å². The van der Waals surface area contributed by atoms with E-state index in [1.165, 1.54) is 6.20 Å². The van der Waals surface area contributed by atoms with Crippen molar-refractivity contribution in [3.63, 3.8) is 0 Å². The number of hydrogen-bond donors (Lipinski definition) is 0. The lowest BCUT2D eigenvalue weighted by atomic mass is 10.3. The van der Waals surface area contributed by atoms with Gasteiger partial charge in [-0.3, -0.25) is 4.79 Å². The SMILES string of the molecule is Cc1csc(N2CCCN(c3cnn(-c4ccc(C(F)(F)F)cn4)c(=O)c3Cl)CC2)n1. The van der Waals surface area contributed by atoms with E-state index in [1.807, 2.05) is 17.2 Å². The Bertz CT molecular complexity index is 1130. The predicted octanol–water partition coefficient (Wildman–Crippen LogP) is 3.78. The summed E-state index contributed by atoms with van der Waals surface area (Å²) in [6, 6.07) is 1.94. The largest absolute Gasteiger partial charge is 0.417 e. The van der Waals surface area contributed by atoms with Crippen LogP contribution in [0.1, 0.15) is 17.7 Å². The van der Waals surface area contributed by atoms with Crippen LogP contribution in [0.4, 0.5) is 24.0 Å². The first kappa shape index (κ1) is 21.6. The second-order valence-electron chi connectivity index (χ2n) is 7.06. The maximum atomic E-state index is 12.7. The van der Waals surface area contributed by atoms with Crippen LogP contribution in [0.25, 0.3) is 5.82 Å². The van der Waals surface area contributed by atoms with Gasteiger partial charge in [-0.25, -0.2) is 9.97 Å². The highest BCUT2D eigenvalue weighted by Gasteiger charge is 2.31. The third-order valence-electron chi connectivity index (χ3n) is 4.91. The van der Waals surface area contributed by atoms with E-state index in [2.05, 4.69) is 20.0 Å². The van der Waals surface area contributed by atoms with Gasteiger partial charge in [-0.2, -0.15) is 23.0 Å². The summed E-state index contributed by atoms with van der Waals surface area (Å²) in [7, 11) is 0. The first-order valence-electron chi connectivity index (χ1n) is 9.47. The molecule has 4 rings (SSSR count). The van der Waals surface area contributed by atoms with Gasteiger partial charge in [0.2, 0.25) is 0 Å². The molecular formula is C19H18ClF3N6OS. The van der Waals surface area contributed by atoms with Crippen LogP contribution in [-0.2, 0) is 6.18 Å². The molecule has 3 aromatic heterocycles. The van der Waals surface area contributed by atoms with Crippen LogP contribution in [-0.4, -0.2) is 45.9 Å². The van der Waals surface area contributed by atoms with Crippen molar-refractivity contribution in [1.82, 2.24) is 19.7 Å². The molecule has 0 N–H and O–H groups in total. The van der Waals surface area contributed by atoms with Crippen LogP contribution >= 0.6 is 22.9 Å². The maximum absolute atomic E-state index is 12.7. The molecule has 1 fully saturated rings. The van der Waals surface area contributed by atoms with Crippen LogP contribution in [0, 0.1) is 6.92 Å². The fraction of sp³-hybridized carbons (Fsp3) is 0.368. The number of pyridine rings is 1. The summed E-state index contributed by atoms with van der Waals surface area (Å²) >= 11 is 7.95. The van der Waals surface area contributed by atoms with Crippen molar-refractivity contribution in [2.45, 2.75) is 19.5 Å². The molecule has 0 aromatic carbocycles. The summed E-state index contributed by atoms with van der Waals surface area (Å²) in [6.07, 6.45) is -1.55. The van der Waals surface area contributed by atoms with Gasteiger partial charge < -0.3 is 9.80 Å². The van der Waals surface area contributed by atoms with Crippen molar-refractivity contribution in [3.8, 4) is 5.82 Å². The molecular weight excluding hydrogens is 453 g/mol. The molecule has 0 amide bonds. The van der Waals surface area contributed by atoms with Gasteiger partial charge in [0.15, 0.2) is 10.9 Å². The Labute approximate surface area is 184 Å². The molecule has 1 saturated heterocycles. The monoisotopic (exact) mass is 470 g/mol. The number of nitrogens with zero attached hydrogens (tertiary/aromatic N) is 6. The second kappa shape index (κ2) is 8.46. The molecule has 0 aliphatic carbocycles. The summed E-state index contributed by atoms with van der Waals surface area (Å²) < 4.78 is 39.1. The van der Waals surface area contributed by atoms with E-state index < -0.39 is 17.3 Å². The molecule has 7 nitrogen and oxygen atoms in total. The zero-order valence-electron chi connectivity index (χ0n) is 16.4. The van der Waals surface area contributed by atoms with Crippen molar-refractivity contribution in [3.05, 3.63) is 56.5 Å². The minimum Gasteiger partial charge on any atom is -0.367 e. The molecule has 3 aromatic rings. The average Bonchev–Trinajstić information content (AvgIpc) is 3.02. The normalized spacial score (nSPS) is 15.3. The number of thiazole rings is 1. The van der Waals surface area contributed by atoms with Crippen molar-refractivity contribution in [2.75, 3.05) is 36.0 Å². The summed E-state index contributed by atoms with van der Waals surface area (Å²) in [5.41, 5.74) is -0.0690. The topological polar surface area (TPSA) is 67.2 Å². The van der Waals surface area contributed by atoms with E-state index in [9.17, 15) is 18.0 Å². The third-order valence-corrected chi connectivity index (χ3v) is 6.28. The molecule has 1 aliphatic rings. The summed E-state index contributed by atoms with van der Waals surface area (Å²) in [4.78, 5) is 25.2. The van der Waals surface area contributed by atoms with E-state index in [4.69, 9.17) is 11.6 Å². The second-order valence-corrected chi connectivity index (χ2v) is 8.28. The number of alkyl halides is 3. The number of aryl methyl sites for hydroxylation is 1. The Morgan fingerprint density at radius 2 is 1.84 bits per heavy atom. The minimum absolute atomic E-state index is 0.0346. The molecule has 0 radical (unpaired) electrons. The fourth-order valence-electron chi connectivity index (χ4n) is 3.32. The third kappa shape index (κ3) is 4.52. The van der Waals surface area contributed by atoms with Crippen LogP contribution in [0.2, 0.25) is 5.02 Å². The lowest BCUT2D eigenvalue weighted by Gasteiger charge is -2.24. The van der Waals surface area contributed by atoms with Crippen LogP contribution < -0.4 is 15.4 Å². The highest BCUT2D eigenvalue weighted by Crippen LogP contribution is 2.29. The van der Waals surface area contributed by atoms with Crippen LogP contribution in [0.5, 0.6) is 0 Å². The molecule has 164 valence electrons. The Kier molecular flexibility index (Phi) is 5.89. The number of aromatic nitrogens is 4. The predicted molar refractivity (Wildman–Crippen MR) is 114 cm³/mol. The van der Waals surface area contributed by atoms with Crippen molar-refractivity contribution < 1.29 is 13.2 Å². The van der Waals surface area contributed by atoms with Gasteiger partial charge in [-0.05, 0) is 25.5 Å². The number of anilines is 2. The van der Waals surface area contributed by atoms with Gasteiger partial charge in [0.25, 0.3) is 5.56 Å². The van der Waals surface area contributed by atoms with Crippen molar-refractivity contribution in [2.24, 2.45) is 0 Å². The smallest absolute Gasteiger partial charge is 0.367 e. The average molecular weight is 471 g/mol. The van der Waals surface area contributed by atoms with Crippen molar-refractivity contribution >= 4 is 33.8 Å². The van der Waals surface area contributed by atoms with Gasteiger partial charge in [0.05, 0.1) is 23.1 Å². The van der Waals surface area contributed by atoms with Crippen LogP contribution in [0.3, 0.4) is 0 Å². The Morgan fingerprint density at radius 1 is 1.10 bits per heavy atom. The summed E-state index contributed by atoms with van der Waals surface area (Å²) in [5.74, 6) is -0.0346. The zero-order valence-corrected chi connectivity index (χ0v) is 18.0. The standard InChI is InChI=1S/C19H18ClF3N6OS/c1-12-11-31-18(26-12)28-6-2-5-27(7-8-28)14-10-25-29(17(30)16(14)20)15-4-3-13(9-24-15)19(21,22)23/h3-4,9-11H,2,5-8H2,1H3. The highest BCUT2D eigenvalue weighted by atomic mass is 35.5. The van der Waals surface area contributed by atoms with E-state index in [-0.39, 0.29) is 10.8 Å². The molecule has 1 aliphatic heterocycles. The Hall–Kier alpha value is -2.66. The molecule has 4 heterocycles. The van der Waals surface area contributed by atoms with E-state index in [0.29, 0.717) is 31.5 Å². The first-order chi connectivity index (χ1) is 14.7. The van der Waals surface area contributed by atoms with Crippen LogP contribution in [0.15, 0.2) is 34.7 Å². The van der Waals surface area contributed by atoms with Gasteiger partial charge in [-0.15, -0.1) is 11.3 Å². The number of rotatable bonds is 3. The minimum atomic E-state index is -4.51. The van der Waals surface area contributed by atoms with E-state index >= 15 is 0 Å². The summed E-state index contributed by atoms with van der Waals surface area (Å²) in [5, 5.41) is 7.02. The molecule has 0 saturated carbocycles. The molecule has 0 unspecified atom stereocenters. The first-order valence-corrected chi connectivity index (χ1v) is 10.7. The Morgan fingerprint density at radius 3 is 2.48 bits per heavy atom. The molecule has 12 heteroatoms. The maximum Gasteiger partial charge on any atom is 0.417 e. The zero-order chi connectivity index (χ0) is 22.2. The molecule has 31 heavy (non-hydrogen) atoms. The number of halogens is 4. The Balaban J connectivity index is 1.55. The van der Waals surface area contributed by atoms with Crippen molar-refractivity contribution in [1.29, 1.82) is 0 Å². The molecule has 0 atom stereocenters. The highest BCUT2D eigenvalue weighted by molar-refractivity contribution is 7.13. The number of hydrogen-bond acceptors (Lipinski definition) is 7. The van der Waals surface area contributed by atoms with E-state index in [1.54, 1.807) is 11.3 Å². The lowest BCUT2D eigenvalue weighted by molar-refractivity contribution is -0.137. The van der Waals surface area contributed by atoms with Gasteiger partial charge in [0, 0.05) is 37.8 Å². The van der Waals surface area contributed by atoms with Gasteiger partial charge in [-0.1, -0.05) is 11.6 Å². The summed E-state index contributed by atoms with van der Waals surface area (Å²) in [6.45, 7) is 4.82. The molecule has 0 spiro atoms. The quantitative estimate of drug-likeness (QED) is 0.580. The lowest BCUT2D eigenvalue weighted by Crippen LogP contribution is -2.33. The fourth-order valence-corrected chi connectivity index (χ4v) is 4.43.